The highest BCUT2D eigenvalue weighted by Gasteiger charge is 2.37. The zero-order valence-corrected chi connectivity index (χ0v) is 25.1. The van der Waals surface area contributed by atoms with Gasteiger partial charge in [0.15, 0.2) is 4.80 Å². The molecule has 216 valence electrons. The number of anilines is 1. The van der Waals surface area contributed by atoms with Crippen LogP contribution in [0.1, 0.15) is 56.7 Å². The second-order valence-corrected chi connectivity index (χ2v) is 11.6. The molecular weight excluding hydrogens is 546 g/mol. The minimum Gasteiger partial charge on any atom is -0.496 e. The maximum atomic E-state index is 14.3. The Morgan fingerprint density at radius 1 is 1.05 bits per heavy atom. The number of carbonyl (C=O) groups is 1. The van der Waals surface area contributed by atoms with E-state index in [0.717, 1.165) is 41.4 Å². The molecule has 42 heavy (non-hydrogen) atoms. The van der Waals surface area contributed by atoms with Crippen molar-refractivity contribution in [3.8, 4) is 5.75 Å². The van der Waals surface area contributed by atoms with E-state index in [2.05, 4.69) is 36.1 Å². The molecule has 0 N–H and O–H groups in total. The summed E-state index contributed by atoms with van der Waals surface area (Å²) >= 11 is 1.35. The van der Waals surface area contributed by atoms with Crippen molar-refractivity contribution in [3.63, 3.8) is 0 Å². The van der Waals surface area contributed by atoms with Crippen molar-refractivity contribution >= 4 is 39.8 Å². The van der Waals surface area contributed by atoms with Crippen LogP contribution in [0.4, 0.5) is 5.69 Å². The summed E-state index contributed by atoms with van der Waals surface area (Å²) in [5, 5.41) is 1.90. The van der Waals surface area contributed by atoms with Crippen LogP contribution in [0.15, 0.2) is 81.7 Å². The van der Waals surface area contributed by atoms with Gasteiger partial charge in [-0.05, 0) is 66.8 Å². The Labute approximate surface area is 249 Å². The molecule has 0 amide bonds. The summed E-state index contributed by atoms with van der Waals surface area (Å²) in [6.07, 6.45) is 5.74. The summed E-state index contributed by atoms with van der Waals surface area (Å²) in [6.45, 7) is 6.23. The van der Waals surface area contributed by atoms with Crippen molar-refractivity contribution in [1.82, 2.24) is 4.57 Å². The van der Waals surface area contributed by atoms with Crippen molar-refractivity contribution in [1.29, 1.82) is 0 Å². The van der Waals surface area contributed by atoms with E-state index in [0.29, 0.717) is 32.8 Å². The van der Waals surface area contributed by atoms with Crippen molar-refractivity contribution in [2.75, 3.05) is 31.7 Å². The Morgan fingerprint density at radius 3 is 2.52 bits per heavy atom. The Balaban J connectivity index is 1.58. The van der Waals surface area contributed by atoms with E-state index in [1.165, 1.54) is 29.9 Å². The first-order valence-electron chi connectivity index (χ1n) is 14.7. The molecule has 1 saturated heterocycles. The fourth-order valence-electron chi connectivity index (χ4n) is 6.04. The SMILES string of the molecule is CCCC1=C(C(=O)OCC)[C@@H](c2c(OC)ccc3ccccc23)n2c(s/c(=C/c3ccc(N4CCCC4)cc3)c2=O)=N1. The van der Waals surface area contributed by atoms with Gasteiger partial charge in [0.2, 0.25) is 0 Å². The van der Waals surface area contributed by atoms with Crippen LogP contribution in [0.3, 0.4) is 0 Å². The van der Waals surface area contributed by atoms with E-state index in [4.69, 9.17) is 14.5 Å². The molecule has 3 aromatic carbocycles. The topological polar surface area (TPSA) is 73.1 Å². The second kappa shape index (κ2) is 12.0. The zero-order chi connectivity index (χ0) is 29.2. The molecule has 0 radical (unpaired) electrons. The van der Waals surface area contributed by atoms with Crippen LogP contribution in [-0.2, 0) is 9.53 Å². The van der Waals surface area contributed by atoms with Gasteiger partial charge in [0.1, 0.15) is 11.8 Å². The normalized spacial score (nSPS) is 17.0. The average Bonchev–Trinajstić information content (AvgIpc) is 3.65. The predicted octanol–water partition coefficient (Wildman–Crippen LogP) is 5.34. The molecule has 4 aromatic rings. The lowest BCUT2D eigenvalue weighted by molar-refractivity contribution is -0.139. The number of fused-ring (bicyclic) bond motifs is 2. The van der Waals surface area contributed by atoms with E-state index >= 15 is 0 Å². The number of aromatic nitrogens is 1. The molecule has 0 spiro atoms. The fraction of sp³-hybridized carbons (Fsp3) is 0.324. The van der Waals surface area contributed by atoms with E-state index in [1.54, 1.807) is 18.6 Å². The molecule has 0 saturated carbocycles. The molecular formula is C34H35N3O4S. The lowest BCUT2D eigenvalue weighted by Crippen LogP contribution is -2.40. The van der Waals surface area contributed by atoms with Gasteiger partial charge in [-0.1, -0.05) is 67.1 Å². The molecule has 1 aromatic heterocycles. The molecule has 3 heterocycles. The zero-order valence-electron chi connectivity index (χ0n) is 24.3. The van der Waals surface area contributed by atoms with Gasteiger partial charge < -0.3 is 14.4 Å². The number of hydrogen-bond donors (Lipinski definition) is 0. The molecule has 1 fully saturated rings. The molecule has 8 heteroatoms. The molecule has 0 aliphatic carbocycles. The molecule has 2 aliphatic rings. The molecule has 1 atom stereocenters. The third-order valence-electron chi connectivity index (χ3n) is 7.98. The predicted molar refractivity (Wildman–Crippen MR) is 168 cm³/mol. The third-order valence-corrected chi connectivity index (χ3v) is 8.96. The smallest absolute Gasteiger partial charge is 0.338 e. The summed E-state index contributed by atoms with van der Waals surface area (Å²) in [6, 6.07) is 19.5. The molecule has 2 aliphatic heterocycles. The van der Waals surface area contributed by atoms with Crippen molar-refractivity contribution in [3.05, 3.63) is 103 Å². The first-order chi connectivity index (χ1) is 20.5. The number of allylic oxidation sites excluding steroid dienone is 1. The minimum absolute atomic E-state index is 0.195. The van der Waals surface area contributed by atoms with Gasteiger partial charge in [-0.15, -0.1) is 0 Å². The van der Waals surface area contributed by atoms with Crippen LogP contribution < -0.4 is 24.5 Å². The highest BCUT2D eigenvalue weighted by atomic mass is 32.1. The standard InChI is InChI=1S/C34H35N3O4S/c1-4-10-26-30(33(39)41-5-2)31(29-25-12-7-6-11-23(25)15-18-27(29)40-3)37-32(38)28(42-34(37)35-26)21-22-13-16-24(17-14-22)36-19-8-9-20-36/h6-7,11-18,21,31H,4-5,8-10,19-20H2,1-3H3/b28-21+/t31-/m1/s1. The number of esters is 1. The average molecular weight is 582 g/mol. The number of nitrogens with zero attached hydrogens (tertiary/aromatic N) is 3. The lowest BCUT2D eigenvalue weighted by atomic mass is 9.90. The number of thiazole rings is 1. The van der Waals surface area contributed by atoms with Gasteiger partial charge in [-0.25, -0.2) is 9.79 Å². The first kappa shape index (κ1) is 28.0. The van der Waals surface area contributed by atoms with Gasteiger partial charge in [-0.2, -0.15) is 0 Å². The maximum Gasteiger partial charge on any atom is 0.338 e. The van der Waals surface area contributed by atoms with Gasteiger partial charge in [-0.3, -0.25) is 9.36 Å². The summed E-state index contributed by atoms with van der Waals surface area (Å²) in [7, 11) is 1.61. The monoisotopic (exact) mass is 581 g/mol. The van der Waals surface area contributed by atoms with E-state index in [9.17, 15) is 9.59 Å². The third kappa shape index (κ3) is 5.04. The number of benzene rings is 3. The maximum absolute atomic E-state index is 14.3. The summed E-state index contributed by atoms with van der Waals surface area (Å²) in [5.41, 5.74) is 3.75. The number of ether oxygens (including phenoxy) is 2. The van der Waals surface area contributed by atoms with Crippen LogP contribution in [0.25, 0.3) is 16.8 Å². The van der Waals surface area contributed by atoms with Crippen LogP contribution in [0.5, 0.6) is 5.75 Å². The van der Waals surface area contributed by atoms with E-state index in [-0.39, 0.29) is 12.2 Å². The number of carbonyl (C=O) groups excluding carboxylic acids is 1. The number of hydrogen-bond acceptors (Lipinski definition) is 7. The molecule has 0 bridgehead atoms. The van der Waals surface area contributed by atoms with Gasteiger partial charge in [0, 0.05) is 24.3 Å². The van der Waals surface area contributed by atoms with Crippen LogP contribution in [-0.4, -0.2) is 37.3 Å². The fourth-order valence-corrected chi connectivity index (χ4v) is 7.06. The van der Waals surface area contributed by atoms with Crippen molar-refractivity contribution in [2.24, 2.45) is 4.99 Å². The van der Waals surface area contributed by atoms with Crippen molar-refractivity contribution in [2.45, 2.75) is 45.6 Å². The molecule has 6 rings (SSSR count). The Kier molecular flexibility index (Phi) is 7.98. The van der Waals surface area contributed by atoms with Gasteiger partial charge in [0.05, 0.1) is 29.5 Å². The van der Waals surface area contributed by atoms with Crippen LogP contribution in [0, 0.1) is 0 Å². The Hall–Kier alpha value is -4.17. The van der Waals surface area contributed by atoms with E-state index < -0.39 is 12.0 Å². The minimum atomic E-state index is -0.748. The van der Waals surface area contributed by atoms with Crippen LogP contribution >= 0.6 is 11.3 Å². The molecule has 7 nitrogen and oxygen atoms in total. The quantitative estimate of drug-likeness (QED) is 0.263. The number of rotatable bonds is 8. The summed E-state index contributed by atoms with van der Waals surface area (Å²) < 4.78 is 13.7. The lowest BCUT2D eigenvalue weighted by Gasteiger charge is -2.28. The highest BCUT2D eigenvalue weighted by molar-refractivity contribution is 7.07. The van der Waals surface area contributed by atoms with Crippen LogP contribution in [0.2, 0.25) is 0 Å². The number of methoxy groups -OCH3 is 1. The highest BCUT2D eigenvalue weighted by Crippen LogP contribution is 2.41. The molecule has 0 unspecified atom stereocenters. The summed E-state index contributed by atoms with van der Waals surface area (Å²) in [5.74, 6) is 0.141. The van der Waals surface area contributed by atoms with E-state index in [1.807, 2.05) is 42.5 Å². The second-order valence-electron chi connectivity index (χ2n) is 10.6. The largest absolute Gasteiger partial charge is 0.496 e. The first-order valence-corrected chi connectivity index (χ1v) is 15.5. The summed E-state index contributed by atoms with van der Waals surface area (Å²) in [4.78, 5) is 35.8. The Bertz CT molecular complexity index is 1850. The Morgan fingerprint density at radius 2 is 1.81 bits per heavy atom. The van der Waals surface area contributed by atoms with Gasteiger partial charge >= 0.3 is 5.97 Å². The van der Waals surface area contributed by atoms with Gasteiger partial charge in [0.25, 0.3) is 5.56 Å². The van der Waals surface area contributed by atoms with Crippen molar-refractivity contribution < 1.29 is 14.3 Å².